The molecule has 6 rings (SSSR count). The summed E-state index contributed by atoms with van der Waals surface area (Å²) in [5, 5.41) is 0. The van der Waals surface area contributed by atoms with Crippen LogP contribution >= 0.6 is 0 Å². The van der Waals surface area contributed by atoms with Crippen molar-refractivity contribution >= 4 is 11.9 Å². The number of amides is 1. The first-order valence-corrected chi connectivity index (χ1v) is 13.2. The van der Waals surface area contributed by atoms with E-state index < -0.39 is 17.6 Å². The van der Waals surface area contributed by atoms with Crippen molar-refractivity contribution < 1.29 is 23.0 Å². The van der Waals surface area contributed by atoms with E-state index in [0.29, 0.717) is 40.0 Å². The van der Waals surface area contributed by atoms with Crippen LogP contribution in [0.2, 0.25) is 0 Å². The van der Waals surface area contributed by atoms with Gasteiger partial charge in [0.05, 0.1) is 24.9 Å². The van der Waals surface area contributed by atoms with Crippen molar-refractivity contribution in [2.24, 2.45) is 7.05 Å². The summed E-state index contributed by atoms with van der Waals surface area (Å²) in [6.07, 6.45) is 5.95. The van der Waals surface area contributed by atoms with Gasteiger partial charge in [0.15, 0.2) is 5.82 Å². The van der Waals surface area contributed by atoms with Gasteiger partial charge in [-0.05, 0) is 32.3 Å². The first-order chi connectivity index (χ1) is 19.5. The highest BCUT2D eigenvalue weighted by Gasteiger charge is 2.41. The third-order valence-electron chi connectivity index (χ3n) is 7.34. The molecule has 1 aromatic carbocycles. The van der Waals surface area contributed by atoms with Gasteiger partial charge in [0.2, 0.25) is 5.88 Å². The number of hydrogen-bond donors (Lipinski definition) is 0. The number of cyclic esters (lactones) is 1. The Balaban J connectivity index is 1.36. The molecule has 4 aromatic rings. The highest BCUT2D eigenvalue weighted by molar-refractivity contribution is 5.90. The number of fused-ring (bicyclic) bond motifs is 1. The molecule has 0 spiro atoms. The lowest BCUT2D eigenvalue weighted by Crippen LogP contribution is -2.43. The molecule has 1 aliphatic heterocycles. The molecule has 1 aliphatic carbocycles. The predicted molar refractivity (Wildman–Crippen MR) is 145 cm³/mol. The molecule has 41 heavy (non-hydrogen) atoms. The largest absolute Gasteiger partial charge is 0.480 e. The monoisotopic (exact) mass is 561 g/mol. The molecule has 0 saturated heterocycles. The zero-order chi connectivity index (χ0) is 29.1. The lowest BCUT2D eigenvalue weighted by atomic mass is 9.97. The Morgan fingerprint density at radius 2 is 1.85 bits per heavy atom. The van der Waals surface area contributed by atoms with E-state index in [1.807, 2.05) is 12.1 Å². The Morgan fingerprint density at radius 1 is 1.12 bits per heavy atom. The maximum Gasteiger partial charge on any atom is 0.416 e. The van der Waals surface area contributed by atoms with Crippen molar-refractivity contribution in [1.82, 2.24) is 29.5 Å². The predicted octanol–water partition coefficient (Wildman–Crippen LogP) is 5.72. The van der Waals surface area contributed by atoms with E-state index >= 15 is 0 Å². The van der Waals surface area contributed by atoms with Crippen LogP contribution in [0.5, 0.6) is 5.88 Å². The molecule has 1 fully saturated rings. The fourth-order valence-corrected chi connectivity index (χ4v) is 4.98. The Bertz CT molecular complexity index is 1640. The van der Waals surface area contributed by atoms with Crippen molar-refractivity contribution in [1.29, 1.82) is 0 Å². The molecule has 212 valence electrons. The van der Waals surface area contributed by atoms with Crippen molar-refractivity contribution in [3.63, 3.8) is 0 Å². The number of carbonyl (C=O) groups excluding carboxylic acids is 1. The average molecular weight is 562 g/mol. The van der Waals surface area contributed by atoms with Crippen molar-refractivity contribution in [3.8, 4) is 28.7 Å². The van der Waals surface area contributed by atoms with Crippen LogP contribution in [0.15, 0.2) is 43.0 Å². The van der Waals surface area contributed by atoms with Crippen LogP contribution in [0.3, 0.4) is 0 Å². The second-order valence-corrected chi connectivity index (χ2v) is 11.0. The number of nitrogens with zero attached hydrogens (tertiary/aromatic N) is 7. The molecule has 0 radical (unpaired) electrons. The van der Waals surface area contributed by atoms with Gasteiger partial charge in [-0.2, -0.15) is 8.78 Å². The first kappa shape index (κ1) is 26.7. The topological polar surface area (TPSA) is 108 Å². The number of ether oxygens (including phenoxy) is 2. The number of aromatic nitrogens is 6. The molecular weight excluding hydrogens is 532 g/mol. The Labute approximate surface area is 235 Å². The summed E-state index contributed by atoms with van der Waals surface area (Å²) in [7, 11) is 3.21. The molecular formula is C29H29F2N7O3. The molecule has 0 bridgehead atoms. The summed E-state index contributed by atoms with van der Waals surface area (Å²) < 4.78 is 40.5. The van der Waals surface area contributed by atoms with Crippen molar-refractivity contribution in [2.45, 2.75) is 57.6 Å². The van der Waals surface area contributed by atoms with E-state index in [-0.39, 0.29) is 18.2 Å². The van der Waals surface area contributed by atoms with Gasteiger partial charge < -0.3 is 14.0 Å². The number of halogens is 2. The van der Waals surface area contributed by atoms with Crippen molar-refractivity contribution in [2.75, 3.05) is 12.0 Å². The molecule has 10 nitrogen and oxygen atoms in total. The third kappa shape index (κ3) is 4.87. The second kappa shape index (κ2) is 9.57. The van der Waals surface area contributed by atoms with Gasteiger partial charge in [0.25, 0.3) is 5.92 Å². The Morgan fingerprint density at radius 3 is 2.49 bits per heavy atom. The quantitative estimate of drug-likeness (QED) is 0.282. The minimum absolute atomic E-state index is 0.162. The van der Waals surface area contributed by atoms with Crippen LogP contribution in [-0.2, 0) is 29.9 Å². The molecule has 2 aliphatic rings. The number of alkyl halides is 2. The Kier molecular flexibility index (Phi) is 6.24. The molecule has 1 amide bonds. The van der Waals surface area contributed by atoms with E-state index in [9.17, 15) is 13.6 Å². The molecule has 4 heterocycles. The summed E-state index contributed by atoms with van der Waals surface area (Å²) in [4.78, 5) is 37.1. The highest BCUT2D eigenvalue weighted by Crippen LogP contribution is 2.46. The normalized spacial score (nSPS) is 16.4. The summed E-state index contributed by atoms with van der Waals surface area (Å²) in [6.45, 7) is 4.57. The number of methoxy groups -OCH3 is 1. The summed E-state index contributed by atoms with van der Waals surface area (Å²) in [5.74, 6) is -1.17. The lowest BCUT2D eigenvalue weighted by Gasteiger charge is -2.37. The van der Waals surface area contributed by atoms with E-state index in [4.69, 9.17) is 14.5 Å². The lowest BCUT2D eigenvalue weighted by molar-refractivity contribution is 0.0131. The minimum atomic E-state index is -3.04. The summed E-state index contributed by atoms with van der Waals surface area (Å²) in [5.41, 5.74) is 2.31. The second-order valence-electron chi connectivity index (χ2n) is 11.0. The Hall–Kier alpha value is -4.48. The van der Waals surface area contributed by atoms with E-state index in [1.54, 1.807) is 43.8 Å². The average Bonchev–Trinajstić information content (AvgIpc) is 3.70. The SMILES string of the molecule is COc1ncnc(C2CC2)c1-c1ncc2c(n1)N(Cc1ccc(-c3nc(C(C)(F)F)cn3C)cc1)C(=O)OC2(C)C. The number of benzene rings is 1. The molecule has 12 heteroatoms. The molecule has 1 saturated carbocycles. The van der Waals surface area contributed by atoms with E-state index in [2.05, 4.69) is 19.9 Å². The van der Waals surface area contributed by atoms with Crippen LogP contribution in [0, 0.1) is 0 Å². The smallest absolute Gasteiger partial charge is 0.416 e. The zero-order valence-electron chi connectivity index (χ0n) is 23.4. The number of rotatable bonds is 7. The summed E-state index contributed by atoms with van der Waals surface area (Å²) >= 11 is 0. The van der Waals surface area contributed by atoms with Gasteiger partial charge in [-0.3, -0.25) is 4.90 Å². The number of carbonyl (C=O) groups is 1. The fourth-order valence-electron chi connectivity index (χ4n) is 4.98. The van der Waals surface area contributed by atoms with Gasteiger partial charge in [-0.25, -0.2) is 29.7 Å². The van der Waals surface area contributed by atoms with Crippen molar-refractivity contribution in [3.05, 3.63) is 65.5 Å². The minimum Gasteiger partial charge on any atom is -0.480 e. The summed E-state index contributed by atoms with van der Waals surface area (Å²) in [6, 6.07) is 7.22. The van der Waals surface area contributed by atoms with Crippen LogP contribution in [0.4, 0.5) is 19.4 Å². The van der Waals surface area contributed by atoms with Crippen LogP contribution in [0.25, 0.3) is 22.8 Å². The number of hydrogen-bond acceptors (Lipinski definition) is 8. The van der Waals surface area contributed by atoms with Gasteiger partial charge in [-0.15, -0.1) is 0 Å². The van der Waals surface area contributed by atoms with Gasteiger partial charge in [0.1, 0.15) is 34.8 Å². The fraction of sp³-hybridized carbons (Fsp3) is 0.379. The maximum atomic E-state index is 13.8. The third-order valence-corrected chi connectivity index (χ3v) is 7.34. The highest BCUT2D eigenvalue weighted by atomic mass is 19.3. The first-order valence-electron chi connectivity index (χ1n) is 13.2. The number of anilines is 1. The number of imidazole rings is 1. The van der Waals surface area contributed by atoms with Gasteiger partial charge >= 0.3 is 6.09 Å². The standard InChI is InChI=1S/C29H29F2N7O3/c1-28(2)19-12-32-23(21-22(17-10-11-17)33-15-34-26(21)40-5)36-25(19)38(27(39)41-28)13-16-6-8-18(9-7-16)24-35-20(14-37(24)4)29(3,30)31/h6-9,12,14-15,17H,10-11,13H2,1-5H3. The molecule has 3 aromatic heterocycles. The van der Waals surface area contributed by atoms with E-state index in [0.717, 1.165) is 31.0 Å². The van der Waals surface area contributed by atoms with Gasteiger partial charge in [0, 0.05) is 37.8 Å². The van der Waals surface area contributed by atoms with E-state index in [1.165, 1.54) is 24.5 Å². The van der Waals surface area contributed by atoms with Crippen LogP contribution < -0.4 is 9.64 Å². The zero-order valence-corrected chi connectivity index (χ0v) is 23.4. The molecule has 0 N–H and O–H groups in total. The van der Waals surface area contributed by atoms with Crippen LogP contribution in [0.1, 0.15) is 62.0 Å². The number of aryl methyl sites for hydroxylation is 1. The van der Waals surface area contributed by atoms with Crippen LogP contribution in [-0.4, -0.2) is 42.7 Å². The molecule has 0 atom stereocenters. The molecule has 0 unspecified atom stereocenters. The van der Waals surface area contributed by atoms with Gasteiger partial charge in [-0.1, -0.05) is 24.3 Å². The maximum absolute atomic E-state index is 13.8.